The molecular formula is C20H23FN2O2. The number of hydrazone groups is 1. The van der Waals surface area contributed by atoms with Gasteiger partial charge in [0, 0.05) is 5.56 Å². The van der Waals surface area contributed by atoms with Gasteiger partial charge in [-0.05, 0) is 66.8 Å². The first kappa shape index (κ1) is 18.6. The van der Waals surface area contributed by atoms with Gasteiger partial charge in [0.2, 0.25) is 0 Å². The molecule has 0 saturated heterocycles. The molecule has 0 bridgehead atoms. The molecule has 0 radical (unpaired) electrons. The van der Waals surface area contributed by atoms with E-state index in [9.17, 15) is 9.18 Å². The zero-order valence-electron chi connectivity index (χ0n) is 15.0. The van der Waals surface area contributed by atoms with Crippen molar-refractivity contribution in [3.8, 4) is 5.75 Å². The van der Waals surface area contributed by atoms with Crippen molar-refractivity contribution in [2.75, 3.05) is 6.61 Å². The van der Waals surface area contributed by atoms with Gasteiger partial charge in [0.25, 0.3) is 5.91 Å². The van der Waals surface area contributed by atoms with Crippen LogP contribution in [0.4, 0.5) is 4.39 Å². The van der Waals surface area contributed by atoms with Gasteiger partial charge in [-0.15, -0.1) is 0 Å². The molecule has 1 N–H and O–H groups in total. The number of hydrogen-bond acceptors (Lipinski definition) is 3. The third kappa shape index (κ3) is 4.89. The molecule has 25 heavy (non-hydrogen) atoms. The van der Waals surface area contributed by atoms with Crippen LogP contribution in [0, 0.1) is 12.7 Å². The van der Waals surface area contributed by atoms with Crippen LogP contribution in [-0.2, 0) is 0 Å². The summed E-state index contributed by atoms with van der Waals surface area (Å²) in [6, 6.07) is 9.48. The van der Waals surface area contributed by atoms with Gasteiger partial charge >= 0.3 is 0 Å². The molecule has 1 amide bonds. The summed E-state index contributed by atoms with van der Waals surface area (Å²) in [4.78, 5) is 12.0. The normalized spacial score (nSPS) is 11.1. The number of nitrogens with one attached hydrogen (secondary N) is 1. The summed E-state index contributed by atoms with van der Waals surface area (Å²) in [5.41, 5.74) is 5.63. The second-order valence-corrected chi connectivity index (χ2v) is 6.04. The van der Waals surface area contributed by atoms with Crippen LogP contribution >= 0.6 is 0 Å². The maximum Gasteiger partial charge on any atom is 0.271 e. The monoisotopic (exact) mass is 342 g/mol. The zero-order chi connectivity index (χ0) is 18.4. The van der Waals surface area contributed by atoms with Crippen LogP contribution in [0.25, 0.3) is 0 Å². The Morgan fingerprint density at radius 3 is 2.72 bits per heavy atom. The number of aryl methyl sites for hydroxylation is 1. The van der Waals surface area contributed by atoms with E-state index >= 15 is 0 Å². The Morgan fingerprint density at radius 2 is 2.08 bits per heavy atom. The van der Waals surface area contributed by atoms with Crippen LogP contribution in [0.15, 0.2) is 41.5 Å². The van der Waals surface area contributed by atoms with Crippen molar-refractivity contribution in [3.63, 3.8) is 0 Å². The van der Waals surface area contributed by atoms with Gasteiger partial charge in [-0.25, -0.2) is 9.82 Å². The molecule has 2 aromatic carbocycles. The average molecular weight is 342 g/mol. The van der Waals surface area contributed by atoms with Crippen LogP contribution in [-0.4, -0.2) is 18.7 Å². The minimum atomic E-state index is -0.458. The molecule has 0 heterocycles. The first-order valence-corrected chi connectivity index (χ1v) is 8.28. The highest BCUT2D eigenvalue weighted by molar-refractivity contribution is 5.95. The Labute approximate surface area is 147 Å². The molecule has 5 heteroatoms. The summed E-state index contributed by atoms with van der Waals surface area (Å²) in [5.74, 6) is 0.260. The summed E-state index contributed by atoms with van der Waals surface area (Å²) in [6.45, 7) is 8.72. The van der Waals surface area contributed by atoms with E-state index in [1.807, 2.05) is 26.0 Å². The molecular weight excluding hydrogens is 319 g/mol. The quantitative estimate of drug-likeness (QED) is 0.624. The second-order valence-electron chi connectivity index (χ2n) is 6.04. The zero-order valence-corrected chi connectivity index (χ0v) is 15.0. The molecule has 0 unspecified atom stereocenters. The van der Waals surface area contributed by atoms with Crippen molar-refractivity contribution < 1.29 is 13.9 Å². The highest BCUT2D eigenvalue weighted by atomic mass is 19.1. The fourth-order valence-electron chi connectivity index (χ4n) is 2.44. The van der Waals surface area contributed by atoms with Gasteiger partial charge in [-0.2, -0.15) is 5.10 Å². The molecule has 2 aromatic rings. The lowest BCUT2D eigenvalue weighted by molar-refractivity contribution is 0.0954. The van der Waals surface area contributed by atoms with Crippen molar-refractivity contribution >= 4 is 12.1 Å². The van der Waals surface area contributed by atoms with Gasteiger partial charge in [0.15, 0.2) is 0 Å². The number of rotatable bonds is 6. The predicted octanol–water partition coefficient (Wildman–Crippen LogP) is 4.42. The van der Waals surface area contributed by atoms with Crippen LogP contribution < -0.4 is 10.2 Å². The van der Waals surface area contributed by atoms with E-state index in [-0.39, 0.29) is 5.56 Å². The minimum Gasteiger partial charge on any atom is -0.494 e. The number of hydrogen-bond donors (Lipinski definition) is 1. The summed E-state index contributed by atoms with van der Waals surface area (Å²) < 4.78 is 18.9. The van der Waals surface area contributed by atoms with Gasteiger partial charge < -0.3 is 4.74 Å². The highest BCUT2D eigenvalue weighted by Gasteiger charge is 2.11. The summed E-state index contributed by atoms with van der Waals surface area (Å²) in [5, 5.41) is 4.00. The van der Waals surface area contributed by atoms with E-state index in [2.05, 4.69) is 24.4 Å². The van der Waals surface area contributed by atoms with E-state index in [1.54, 1.807) is 6.21 Å². The molecule has 0 spiro atoms. The molecule has 4 nitrogen and oxygen atoms in total. The molecule has 0 aliphatic carbocycles. The number of carbonyl (C=O) groups excluding carboxylic acids is 1. The van der Waals surface area contributed by atoms with Crippen molar-refractivity contribution in [3.05, 3.63) is 64.5 Å². The number of carbonyl (C=O) groups is 1. The molecule has 0 aliphatic rings. The lowest BCUT2D eigenvalue weighted by atomic mass is 9.97. The van der Waals surface area contributed by atoms with Crippen molar-refractivity contribution in [2.45, 2.75) is 33.6 Å². The first-order valence-electron chi connectivity index (χ1n) is 8.28. The number of ether oxygens (including phenoxy) is 1. The molecule has 0 saturated carbocycles. The number of amides is 1. The Hall–Kier alpha value is -2.69. The Kier molecular flexibility index (Phi) is 6.28. The standard InChI is InChI=1S/C20H23FN2O2/c1-5-25-19-9-14(4)16(11-18(19)13(2)3)12-22-23-20(24)15-7-6-8-17(21)10-15/h6-13H,5H2,1-4H3,(H,23,24)/b22-12-. The third-order valence-corrected chi connectivity index (χ3v) is 3.78. The Bertz CT molecular complexity index is 785. The molecule has 0 fully saturated rings. The number of nitrogens with zero attached hydrogens (tertiary/aromatic N) is 1. The lowest BCUT2D eigenvalue weighted by Crippen LogP contribution is -2.17. The fraction of sp³-hybridized carbons (Fsp3) is 0.300. The molecule has 0 aromatic heterocycles. The molecule has 0 aliphatic heterocycles. The van der Waals surface area contributed by atoms with Crippen molar-refractivity contribution in [1.82, 2.24) is 5.43 Å². The highest BCUT2D eigenvalue weighted by Crippen LogP contribution is 2.29. The Balaban J connectivity index is 2.17. The van der Waals surface area contributed by atoms with Crippen LogP contribution in [0.2, 0.25) is 0 Å². The molecule has 0 atom stereocenters. The lowest BCUT2D eigenvalue weighted by Gasteiger charge is -2.15. The molecule has 132 valence electrons. The van der Waals surface area contributed by atoms with E-state index in [1.165, 1.54) is 24.3 Å². The van der Waals surface area contributed by atoms with Crippen molar-refractivity contribution in [2.24, 2.45) is 5.10 Å². The SMILES string of the molecule is CCOc1cc(C)c(/C=N\NC(=O)c2cccc(F)c2)cc1C(C)C. The second kappa shape index (κ2) is 8.42. The minimum absolute atomic E-state index is 0.225. The van der Waals surface area contributed by atoms with E-state index in [0.29, 0.717) is 12.5 Å². The first-order chi connectivity index (χ1) is 11.9. The Morgan fingerprint density at radius 1 is 1.32 bits per heavy atom. The van der Waals surface area contributed by atoms with Crippen molar-refractivity contribution in [1.29, 1.82) is 0 Å². The summed E-state index contributed by atoms with van der Waals surface area (Å²) in [7, 11) is 0. The van der Waals surface area contributed by atoms with Crippen LogP contribution in [0.5, 0.6) is 5.75 Å². The largest absolute Gasteiger partial charge is 0.494 e. The van der Waals surface area contributed by atoms with E-state index in [4.69, 9.17) is 4.74 Å². The van der Waals surface area contributed by atoms with E-state index < -0.39 is 11.7 Å². The van der Waals surface area contributed by atoms with Gasteiger partial charge in [-0.1, -0.05) is 19.9 Å². The maximum absolute atomic E-state index is 13.2. The predicted molar refractivity (Wildman–Crippen MR) is 97.9 cm³/mol. The number of benzene rings is 2. The van der Waals surface area contributed by atoms with Crippen LogP contribution in [0.1, 0.15) is 53.7 Å². The van der Waals surface area contributed by atoms with E-state index in [0.717, 1.165) is 22.4 Å². The average Bonchev–Trinajstić information content (AvgIpc) is 2.56. The van der Waals surface area contributed by atoms with Gasteiger partial charge in [0.1, 0.15) is 11.6 Å². The smallest absolute Gasteiger partial charge is 0.271 e. The fourth-order valence-corrected chi connectivity index (χ4v) is 2.44. The van der Waals surface area contributed by atoms with Crippen LogP contribution in [0.3, 0.4) is 0 Å². The topological polar surface area (TPSA) is 50.7 Å². The third-order valence-electron chi connectivity index (χ3n) is 3.78. The molecule has 2 rings (SSSR count). The van der Waals surface area contributed by atoms with Gasteiger partial charge in [-0.3, -0.25) is 4.79 Å². The summed E-state index contributed by atoms with van der Waals surface area (Å²) >= 11 is 0. The van der Waals surface area contributed by atoms with Gasteiger partial charge in [0.05, 0.1) is 12.8 Å². The number of halogens is 1. The summed E-state index contributed by atoms with van der Waals surface area (Å²) in [6.07, 6.45) is 1.59. The maximum atomic E-state index is 13.2.